The lowest BCUT2D eigenvalue weighted by molar-refractivity contribution is -0.160. The minimum atomic E-state index is -1.17. The molecule has 1 N–H and O–H groups in total. The number of nitrogens with zero attached hydrogens (tertiary/aromatic N) is 4. The number of carbonyl (C=O) groups is 1. The van der Waals surface area contributed by atoms with Gasteiger partial charge in [-0.25, -0.2) is 9.78 Å². The molecule has 214 valence electrons. The summed E-state index contributed by atoms with van der Waals surface area (Å²) in [7, 11) is 0. The number of hydrogen-bond acceptors (Lipinski definition) is 8. The number of aliphatic carboxylic acids is 1. The van der Waals surface area contributed by atoms with Crippen molar-refractivity contribution in [3.8, 4) is 22.9 Å². The predicted molar refractivity (Wildman–Crippen MR) is 154 cm³/mol. The fraction of sp³-hybridized carbons (Fsp3) is 0.484. The molecule has 1 aliphatic rings. The van der Waals surface area contributed by atoms with E-state index in [-0.39, 0.29) is 5.41 Å². The summed E-state index contributed by atoms with van der Waals surface area (Å²) in [6.45, 7) is 14.3. The lowest BCUT2D eigenvalue weighted by Gasteiger charge is -2.40. The number of anilines is 1. The first-order valence-corrected chi connectivity index (χ1v) is 13.7. The molecule has 9 nitrogen and oxygen atoms in total. The molecule has 1 atom stereocenters. The molecule has 0 radical (unpaired) electrons. The topological polar surface area (TPSA) is 107 Å². The number of aromatic nitrogens is 3. The highest BCUT2D eigenvalue weighted by Crippen LogP contribution is 2.43. The van der Waals surface area contributed by atoms with E-state index in [1.165, 1.54) is 0 Å². The number of piperidine rings is 1. The van der Waals surface area contributed by atoms with Gasteiger partial charge in [0.05, 0.1) is 23.2 Å². The third-order valence-corrected chi connectivity index (χ3v) is 6.93. The van der Waals surface area contributed by atoms with Gasteiger partial charge in [0.15, 0.2) is 6.10 Å². The highest BCUT2D eigenvalue weighted by atomic mass is 16.5. The molecule has 9 heteroatoms. The first-order chi connectivity index (χ1) is 18.9. The smallest absolute Gasteiger partial charge is 0.337 e. The van der Waals surface area contributed by atoms with Crippen molar-refractivity contribution in [1.82, 2.24) is 15.0 Å². The van der Waals surface area contributed by atoms with Crippen LogP contribution in [0.4, 0.5) is 5.69 Å². The fourth-order valence-corrected chi connectivity index (χ4v) is 4.74. The molecule has 1 fully saturated rings. The van der Waals surface area contributed by atoms with Gasteiger partial charge in [0, 0.05) is 48.4 Å². The lowest BCUT2D eigenvalue weighted by Crippen LogP contribution is -2.39. The summed E-state index contributed by atoms with van der Waals surface area (Å²) in [5.74, 6) is 0.112. The van der Waals surface area contributed by atoms with Crippen molar-refractivity contribution in [1.29, 1.82) is 0 Å². The third kappa shape index (κ3) is 7.47. The SMILES string of the molecule is Cc1ncc(-c2ccc(OCCOc3ccccn3)cn2)c(N2CCC(C)(C)CC2)c1[C@H](OC(C)(C)C)C(=O)O. The van der Waals surface area contributed by atoms with Crippen molar-refractivity contribution >= 4 is 11.7 Å². The van der Waals surface area contributed by atoms with Crippen LogP contribution in [0.2, 0.25) is 0 Å². The summed E-state index contributed by atoms with van der Waals surface area (Å²) in [5.41, 5.74) is 3.06. The van der Waals surface area contributed by atoms with E-state index in [0.717, 1.165) is 37.2 Å². The van der Waals surface area contributed by atoms with Crippen LogP contribution in [0.25, 0.3) is 11.3 Å². The Morgan fingerprint density at radius 2 is 1.75 bits per heavy atom. The summed E-state index contributed by atoms with van der Waals surface area (Å²) in [6, 6.07) is 9.22. The summed E-state index contributed by atoms with van der Waals surface area (Å²) in [5, 5.41) is 10.3. The van der Waals surface area contributed by atoms with E-state index in [9.17, 15) is 9.90 Å². The quantitative estimate of drug-likeness (QED) is 0.311. The third-order valence-electron chi connectivity index (χ3n) is 6.93. The standard InChI is InChI=1S/C31H40N4O5/c1-21-26(28(29(36)37)40-30(2,3)4)27(35-15-12-31(5,6)13-16-35)23(20-33-21)24-11-10-22(19-34-24)38-17-18-39-25-9-7-8-14-32-25/h7-11,14,19-20,28H,12-13,15-18H2,1-6H3,(H,36,37)/t28-/m0/s1. The first kappa shape index (κ1) is 29.3. The first-order valence-electron chi connectivity index (χ1n) is 13.7. The van der Waals surface area contributed by atoms with Crippen molar-refractivity contribution in [3.05, 3.63) is 60.2 Å². The Balaban J connectivity index is 1.63. The minimum Gasteiger partial charge on any atom is -0.488 e. The van der Waals surface area contributed by atoms with Gasteiger partial charge in [0.25, 0.3) is 0 Å². The van der Waals surface area contributed by atoms with Crippen LogP contribution in [-0.4, -0.2) is 57.9 Å². The molecule has 0 spiro atoms. The molecule has 3 aromatic rings. The Hall–Kier alpha value is -3.72. The van der Waals surface area contributed by atoms with Crippen LogP contribution in [0.3, 0.4) is 0 Å². The van der Waals surface area contributed by atoms with Crippen molar-refractivity contribution < 1.29 is 24.1 Å². The van der Waals surface area contributed by atoms with E-state index in [1.807, 2.05) is 52.0 Å². The maximum absolute atomic E-state index is 12.6. The lowest BCUT2D eigenvalue weighted by atomic mass is 9.82. The van der Waals surface area contributed by atoms with Gasteiger partial charge < -0.3 is 24.2 Å². The van der Waals surface area contributed by atoms with Crippen molar-refractivity contribution in [2.24, 2.45) is 5.41 Å². The molecule has 0 bridgehead atoms. The highest BCUT2D eigenvalue weighted by Gasteiger charge is 2.36. The van der Waals surface area contributed by atoms with Gasteiger partial charge in [0.1, 0.15) is 19.0 Å². The van der Waals surface area contributed by atoms with E-state index >= 15 is 0 Å². The number of pyridine rings is 3. The van der Waals surface area contributed by atoms with Gasteiger partial charge in [0.2, 0.25) is 5.88 Å². The van der Waals surface area contributed by atoms with E-state index in [0.29, 0.717) is 41.8 Å². The molecule has 0 aromatic carbocycles. The minimum absolute atomic E-state index is 0.227. The normalized spacial score (nSPS) is 15.9. The molecule has 1 saturated heterocycles. The molecular formula is C31H40N4O5. The molecular weight excluding hydrogens is 508 g/mol. The van der Waals surface area contributed by atoms with Crippen molar-refractivity contribution in [2.45, 2.75) is 66.1 Å². The van der Waals surface area contributed by atoms with Crippen LogP contribution in [0.1, 0.15) is 64.8 Å². The van der Waals surface area contributed by atoms with Crippen LogP contribution in [0.15, 0.2) is 48.9 Å². The summed E-state index contributed by atoms with van der Waals surface area (Å²) in [6.07, 6.45) is 5.95. The van der Waals surface area contributed by atoms with E-state index in [2.05, 4.69) is 33.7 Å². The van der Waals surface area contributed by atoms with Crippen LogP contribution >= 0.6 is 0 Å². The number of carboxylic acids is 1. The number of hydrogen-bond donors (Lipinski definition) is 1. The predicted octanol–water partition coefficient (Wildman–Crippen LogP) is 5.87. The fourth-order valence-electron chi connectivity index (χ4n) is 4.74. The van der Waals surface area contributed by atoms with Crippen LogP contribution in [-0.2, 0) is 9.53 Å². The second-order valence-electron chi connectivity index (χ2n) is 11.9. The molecule has 4 heterocycles. The van der Waals surface area contributed by atoms with Crippen LogP contribution in [0, 0.1) is 12.3 Å². The summed E-state index contributed by atoms with van der Waals surface area (Å²) in [4.78, 5) is 28.3. The zero-order chi connectivity index (χ0) is 28.9. The van der Waals surface area contributed by atoms with Gasteiger partial charge >= 0.3 is 5.97 Å². The maximum Gasteiger partial charge on any atom is 0.337 e. The van der Waals surface area contributed by atoms with Gasteiger partial charge in [-0.1, -0.05) is 19.9 Å². The number of rotatable bonds is 10. The number of carboxylic acid groups (broad SMARTS) is 1. The van der Waals surface area contributed by atoms with E-state index < -0.39 is 17.7 Å². The second-order valence-corrected chi connectivity index (χ2v) is 11.9. The largest absolute Gasteiger partial charge is 0.488 e. The van der Waals surface area contributed by atoms with Gasteiger partial charge in [-0.15, -0.1) is 0 Å². The molecule has 1 aliphatic heterocycles. The average molecular weight is 549 g/mol. The zero-order valence-corrected chi connectivity index (χ0v) is 24.3. The monoisotopic (exact) mass is 548 g/mol. The molecule has 0 saturated carbocycles. The Kier molecular flexibility index (Phi) is 8.93. The number of aryl methyl sites for hydroxylation is 1. The van der Waals surface area contributed by atoms with Crippen LogP contribution < -0.4 is 14.4 Å². The molecule has 40 heavy (non-hydrogen) atoms. The second kappa shape index (κ2) is 12.2. The Bertz CT molecular complexity index is 1280. The van der Waals surface area contributed by atoms with Crippen LogP contribution in [0.5, 0.6) is 11.6 Å². The molecule has 0 unspecified atom stereocenters. The highest BCUT2D eigenvalue weighted by molar-refractivity contribution is 5.85. The molecule has 0 aliphatic carbocycles. The Morgan fingerprint density at radius 1 is 1.02 bits per heavy atom. The van der Waals surface area contributed by atoms with Crippen molar-refractivity contribution in [2.75, 3.05) is 31.2 Å². The zero-order valence-electron chi connectivity index (χ0n) is 24.3. The summed E-state index contributed by atoms with van der Waals surface area (Å²) >= 11 is 0. The Morgan fingerprint density at radius 3 is 2.35 bits per heavy atom. The van der Waals surface area contributed by atoms with Gasteiger partial charge in [-0.2, -0.15) is 0 Å². The van der Waals surface area contributed by atoms with Crippen molar-refractivity contribution in [3.63, 3.8) is 0 Å². The van der Waals surface area contributed by atoms with Gasteiger partial charge in [-0.3, -0.25) is 9.97 Å². The average Bonchev–Trinajstić information content (AvgIpc) is 2.90. The summed E-state index contributed by atoms with van der Waals surface area (Å²) < 4.78 is 17.5. The Labute approximate surface area is 236 Å². The van der Waals surface area contributed by atoms with Gasteiger partial charge in [-0.05, 0) is 64.2 Å². The molecule has 3 aromatic heterocycles. The maximum atomic E-state index is 12.6. The van der Waals surface area contributed by atoms with E-state index in [4.69, 9.17) is 14.2 Å². The molecule has 4 rings (SSSR count). The number of ether oxygens (including phenoxy) is 3. The van der Waals surface area contributed by atoms with E-state index in [1.54, 1.807) is 24.7 Å². The molecule has 0 amide bonds.